The lowest BCUT2D eigenvalue weighted by Crippen LogP contribution is -2.20. The van der Waals surface area contributed by atoms with E-state index in [1.165, 1.54) is 5.56 Å². The van der Waals surface area contributed by atoms with Crippen LogP contribution in [0, 0.1) is 5.92 Å². The number of hydrogen-bond acceptors (Lipinski definition) is 3. The summed E-state index contributed by atoms with van der Waals surface area (Å²) in [5.74, 6) is 1.43. The largest absolute Gasteiger partial charge is 0.457 e. The minimum atomic E-state index is -0.0571. The summed E-state index contributed by atoms with van der Waals surface area (Å²) in [4.78, 5) is 12.3. The molecular formula is C23H18Cl2N2O2. The number of carbonyl (C=O) groups is 1. The van der Waals surface area contributed by atoms with Crippen LogP contribution in [0.25, 0.3) is 0 Å². The molecule has 146 valence electrons. The summed E-state index contributed by atoms with van der Waals surface area (Å²) in [5, 5.41) is 4.99. The molecule has 1 aliphatic carbocycles. The zero-order valence-corrected chi connectivity index (χ0v) is 16.9. The van der Waals surface area contributed by atoms with Crippen LogP contribution in [0.1, 0.15) is 23.5 Å². The van der Waals surface area contributed by atoms with Gasteiger partial charge in [0.15, 0.2) is 0 Å². The number of carbonyl (C=O) groups excluding carboxylic acids is 1. The Kier molecular flexibility index (Phi) is 5.84. The molecule has 2 unspecified atom stereocenters. The fraction of sp³-hybridized carbons (Fsp3) is 0.130. The van der Waals surface area contributed by atoms with E-state index in [9.17, 15) is 4.79 Å². The molecule has 1 amide bonds. The summed E-state index contributed by atoms with van der Waals surface area (Å²) in [6.07, 6.45) is 2.46. The Labute approximate surface area is 179 Å². The molecule has 0 saturated heterocycles. The van der Waals surface area contributed by atoms with Gasteiger partial charge in [-0.3, -0.25) is 4.79 Å². The van der Waals surface area contributed by atoms with Crippen molar-refractivity contribution >= 4 is 35.3 Å². The molecule has 2 atom stereocenters. The smallest absolute Gasteiger partial charge is 0.243 e. The molecular weight excluding hydrogens is 407 g/mol. The van der Waals surface area contributed by atoms with Crippen molar-refractivity contribution in [2.24, 2.45) is 11.0 Å². The van der Waals surface area contributed by atoms with E-state index in [0.717, 1.165) is 12.0 Å². The Morgan fingerprint density at radius 1 is 0.966 bits per heavy atom. The van der Waals surface area contributed by atoms with Crippen LogP contribution in [0.15, 0.2) is 77.9 Å². The van der Waals surface area contributed by atoms with Gasteiger partial charge in [-0.05, 0) is 47.7 Å². The maximum atomic E-state index is 12.3. The maximum Gasteiger partial charge on any atom is 0.243 e. The molecule has 1 N–H and O–H groups in total. The van der Waals surface area contributed by atoms with Crippen molar-refractivity contribution in [3.8, 4) is 11.5 Å². The molecule has 0 aliphatic heterocycles. The van der Waals surface area contributed by atoms with Crippen LogP contribution in [0.2, 0.25) is 10.0 Å². The zero-order valence-electron chi connectivity index (χ0n) is 15.4. The summed E-state index contributed by atoms with van der Waals surface area (Å²) in [5.41, 5.74) is 4.64. The average molecular weight is 425 g/mol. The first-order valence-corrected chi connectivity index (χ1v) is 9.96. The molecule has 4 rings (SSSR count). The third kappa shape index (κ3) is 4.97. The lowest BCUT2D eigenvalue weighted by atomic mass is 10.1. The SMILES string of the molecule is O=C(NN=Cc1cccc(Oc2ccc(Cl)c(Cl)c2)c1)C1CC1c1ccccc1. The molecule has 3 aromatic carbocycles. The topological polar surface area (TPSA) is 50.7 Å². The second-order valence-corrected chi connectivity index (χ2v) is 7.66. The highest BCUT2D eigenvalue weighted by Gasteiger charge is 2.43. The normalized spacial score (nSPS) is 17.9. The molecule has 1 fully saturated rings. The molecule has 0 heterocycles. The summed E-state index contributed by atoms with van der Waals surface area (Å²) in [6, 6.07) is 22.5. The number of halogens is 2. The van der Waals surface area contributed by atoms with E-state index in [1.54, 1.807) is 24.4 Å². The van der Waals surface area contributed by atoms with Crippen LogP contribution >= 0.6 is 23.2 Å². The van der Waals surface area contributed by atoms with Gasteiger partial charge in [-0.1, -0.05) is 65.7 Å². The number of ether oxygens (including phenoxy) is 1. The van der Waals surface area contributed by atoms with E-state index in [-0.39, 0.29) is 17.7 Å². The van der Waals surface area contributed by atoms with Crippen molar-refractivity contribution < 1.29 is 9.53 Å². The van der Waals surface area contributed by atoms with Gasteiger partial charge in [-0.2, -0.15) is 5.10 Å². The highest BCUT2D eigenvalue weighted by Crippen LogP contribution is 2.47. The first-order chi connectivity index (χ1) is 14.1. The quantitative estimate of drug-likeness (QED) is 0.387. The second-order valence-electron chi connectivity index (χ2n) is 6.84. The third-order valence-electron chi connectivity index (χ3n) is 4.73. The van der Waals surface area contributed by atoms with Gasteiger partial charge in [0.2, 0.25) is 5.91 Å². The molecule has 3 aromatic rings. The summed E-state index contributed by atoms with van der Waals surface area (Å²) < 4.78 is 5.80. The van der Waals surface area contributed by atoms with Gasteiger partial charge in [0, 0.05) is 12.0 Å². The van der Waals surface area contributed by atoms with Crippen LogP contribution < -0.4 is 10.2 Å². The fourth-order valence-electron chi connectivity index (χ4n) is 3.14. The van der Waals surface area contributed by atoms with Crippen molar-refractivity contribution in [2.75, 3.05) is 0 Å². The number of amides is 1. The molecule has 1 aliphatic rings. The number of nitrogens with one attached hydrogen (secondary N) is 1. The average Bonchev–Trinajstić information content (AvgIpc) is 3.53. The summed E-state index contributed by atoms with van der Waals surface area (Å²) in [6.45, 7) is 0. The monoisotopic (exact) mass is 424 g/mol. The molecule has 0 bridgehead atoms. The highest BCUT2D eigenvalue weighted by molar-refractivity contribution is 6.42. The molecule has 0 radical (unpaired) electrons. The van der Waals surface area contributed by atoms with Crippen LogP contribution in [-0.2, 0) is 4.79 Å². The number of hydrazone groups is 1. The van der Waals surface area contributed by atoms with Gasteiger partial charge in [0.25, 0.3) is 0 Å². The van der Waals surface area contributed by atoms with E-state index in [1.807, 2.05) is 42.5 Å². The van der Waals surface area contributed by atoms with Crippen molar-refractivity contribution in [3.05, 3.63) is 94.0 Å². The summed E-state index contributed by atoms with van der Waals surface area (Å²) in [7, 11) is 0. The minimum absolute atomic E-state index is 0.0149. The Morgan fingerprint density at radius 3 is 2.55 bits per heavy atom. The minimum Gasteiger partial charge on any atom is -0.457 e. The highest BCUT2D eigenvalue weighted by atomic mass is 35.5. The van der Waals surface area contributed by atoms with E-state index in [4.69, 9.17) is 27.9 Å². The van der Waals surface area contributed by atoms with E-state index in [0.29, 0.717) is 21.5 Å². The van der Waals surface area contributed by atoms with Crippen molar-refractivity contribution in [1.82, 2.24) is 5.43 Å². The van der Waals surface area contributed by atoms with Gasteiger partial charge < -0.3 is 4.74 Å². The van der Waals surface area contributed by atoms with Gasteiger partial charge in [-0.15, -0.1) is 0 Å². The van der Waals surface area contributed by atoms with E-state index >= 15 is 0 Å². The fourth-order valence-corrected chi connectivity index (χ4v) is 3.43. The van der Waals surface area contributed by atoms with E-state index < -0.39 is 0 Å². The first-order valence-electron chi connectivity index (χ1n) is 9.21. The van der Waals surface area contributed by atoms with Gasteiger partial charge in [0.05, 0.1) is 16.3 Å². The summed E-state index contributed by atoms with van der Waals surface area (Å²) >= 11 is 11.9. The van der Waals surface area contributed by atoms with Gasteiger partial charge in [-0.25, -0.2) is 5.43 Å². The molecule has 0 spiro atoms. The second kappa shape index (κ2) is 8.68. The maximum absolute atomic E-state index is 12.3. The number of rotatable bonds is 6. The molecule has 6 heteroatoms. The predicted octanol–water partition coefficient (Wildman–Crippen LogP) is 6.04. The Hall–Kier alpha value is -2.82. The predicted molar refractivity (Wildman–Crippen MR) is 116 cm³/mol. The lowest BCUT2D eigenvalue weighted by Gasteiger charge is -2.07. The lowest BCUT2D eigenvalue weighted by molar-refractivity contribution is -0.122. The number of hydrogen-bond donors (Lipinski definition) is 1. The Morgan fingerprint density at radius 2 is 1.76 bits per heavy atom. The molecule has 1 saturated carbocycles. The zero-order chi connectivity index (χ0) is 20.2. The Bertz CT molecular complexity index is 1050. The molecule has 4 nitrogen and oxygen atoms in total. The van der Waals surface area contributed by atoms with Gasteiger partial charge in [0.1, 0.15) is 11.5 Å². The van der Waals surface area contributed by atoms with Crippen LogP contribution in [0.3, 0.4) is 0 Å². The van der Waals surface area contributed by atoms with Crippen LogP contribution in [0.4, 0.5) is 0 Å². The van der Waals surface area contributed by atoms with Crippen molar-refractivity contribution in [2.45, 2.75) is 12.3 Å². The first kappa shape index (κ1) is 19.5. The molecule has 29 heavy (non-hydrogen) atoms. The van der Waals surface area contributed by atoms with Crippen molar-refractivity contribution in [1.29, 1.82) is 0 Å². The van der Waals surface area contributed by atoms with E-state index in [2.05, 4.69) is 22.7 Å². The van der Waals surface area contributed by atoms with Gasteiger partial charge >= 0.3 is 0 Å². The number of benzene rings is 3. The standard InChI is InChI=1S/C23H18Cl2N2O2/c24-21-10-9-18(12-22(21)25)29-17-8-4-5-15(11-17)14-26-27-23(28)20-13-19(20)16-6-2-1-3-7-16/h1-12,14,19-20H,13H2,(H,27,28). The Balaban J connectivity index is 1.34. The third-order valence-corrected chi connectivity index (χ3v) is 5.47. The van der Waals surface area contributed by atoms with Crippen LogP contribution in [-0.4, -0.2) is 12.1 Å². The van der Waals surface area contributed by atoms with Crippen molar-refractivity contribution in [3.63, 3.8) is 0 Å². The van der Waals surface area contributed by atoms with Crippen LogP contribution in [0.5, 0.6) is 11.5 Å². The number of nitrogens with zero attached hydrogens (tertiary/aromatic N) is 1. The molecule has 0 aromatic heterocycles.